The Bertz CT molecular complexity index is 4970. The summed E-state index contributed by atoms with van der Waals surface area (Å²) >= 11 is 15.6. The number of aromatic nitrogens is 3. The van der Waals surface area contributed by atoms with E-state index in [1.54, 1.807) is 93.7 Å². The molecule has 0 spiro atoms. The molecule has 17 rings (SSSR count). The molecule has 6 aromatic carbocycles. The van der Waals surface area contributed by atoms with Gasteiger partial charge in [-0.2, -0.15) is 0 Å². The summed E-state index contributed by atoms with van der Waals surface area (Å²) in [5, 5.41) is 8.99. The van der Waals surface area contributed by atoms with Crippen molar-refractivity contribution in [3.63, 3.8) is 0 Å². The normalized spacial score (nSPS) is 17.6. The number of halogens is 5. The van der Waals surface area contributed by atoms with Crippen LogP contribution in [-0.4, -0.2) is 179 Å². The summed E-state index contributed by atoms with van der Waals surface area (Å²) in [7, 11) is 0. The number of amides is 2. The zero-order valence-electron chi connectivity index (χ0n) is 56.3. The number of likely N-dealkylation sites (tertiary alicyclic amines) is 2. The number of nitrogens with one attached hydrogen (secondary N) is 6. The summed E-state index contributed by atoms with van der Waals surface area (Å²) in [5.74, 6) is -5.83. The smallest absolute Gasteiger partial charge is 0.272 e. The number of hydrogen-bond acceptors (Lipinski definition) is 20. The summed E-state index contributed by atoms with van der Waals surface area (Å²) in [6.07, 6.45) is 0. The van der Waals surface area contributed by atoms with E-state index in [0.29, 0.717) is 58.4 Å². The Hall–Kier alpha value is -7.78. The van der Waals surface area contributed by atoms with Gasteiger partial charge in [0.05, 0.1) is 89.4 Å². The van der Waals surface area contributed by atoms with Crippen LogP contribution in [0.1, 0.15) is 0 Å². The third-order valence-electron chi connectivity index (χ3n) is 18.2. The number of carbonyl (C=O) groups is 2. The van der Waals surface area contributed by atoms with Gasteiger partial charge >= 0.3 is 0 Å². The summed E-state index contributed by atoms with van der Waals surface area (Å²) in [4.78, 5) is 93.4. The molecule has 544 valence electrons. The maximum Gasteiger partial charge on any atom is 0.272 e. The molecule has 2 amide bonds. The Morgan fingerprint density at radius 1 is 0.419 bits per heavy atom. The fourth-order valence-corrected chi connectivity index (χ4v) is 20.5. The Morgan fingerprint density at radius 3 is 1.14 bits per heavy atom. The lowest BCUT2D eigenvalue weighted by Crippen LogP contribution is -2.57. The number of nitrogens with zero attached hydrogens (tertiary/aromatic N) is 5. The van der Waals surface area contributed by atoms with E-state index in [-0.39, 0.29) is 67.1 Å². The molecule has 19 nitrogen and oxygen atoms in total. The number of fused-ring (bicyclic) bond motifs is 6. The molecular weight excluding hydrogens is 1490 g/mol. The lowest BCUT2D eigenvalue weighted by molar-refractivity contribution is -0.141. The average molecular weight is 1560 g/mol. The number of benzene rings is 6. The second-order valence-corrected chi connectivity index (χ2v) is 32.5. The highest BCUT2D eigenvalue weighted by molar-refractivity contribution is 8.06. The second-order valence-electron chi connectivity index (χ2n) is 25.9. The van der Waals surface area contributed by atoms with E-state index >= 15 is 0 Å². The fraction of sp³-hybridized carbons (Fsp3) is 0.293. The molecule has 11 heterocycles. The monoisotopic (exact) mass is 1560 g/mol. The lowest BCUT2D eigenvalue weighted by Gasteiger charge is -2.38. The maximum absolute atomic E-state index is 13.0. The maximum atomic E-state index is 13.0. The van der Waals surface area contributed by atoms with Crippen molar-refractivity contribution in [3.8, 4) is 33.8 Å². The summed E-state index contributed by atoms with van der Waals surface area (Å²) in [5.41, 5.74) is 10.0. The first-order chi connectivity index (χ1) is 50.9. The van der Waals surface area contributed by atoms with Gasteiger partial charge in [0.2, 0.25) is 28.5 Å². The van der Waals surface area contributed by atoms with E-state index < -0.39 is 11.8 Å². The van der Waals surface area contributed by atoms with Gasteiger partial charge in [-0.15, -0.1) is 11.6 Å². The van der Waals surface area contributed by atoms with Crippen molar-refractivity contribution in [1.82, 2.24) is 24.8 Å². The first-order valence-electron chi connectivity index (χ1n) is 34.1. The molecule has 8 aliphatic heterocycles. The highest BCUT2D eigenvalue weighted by Crippen LogP contribution is 2.55. The van der Waals surface area contributed by atoms with E-state index in [2.05, 4.69) is 82.0 Å². The SMILES string of the molecule is O=C(CCl)Nc1ccc2c(c1)Sc1cccc(-c3cc(N4CCOCC4)cc(=O)[nH]3)c1S2.O=C(CN1CC(F)(F)C1)Nc1ccc2c(c1)Sc1cccc(-c3cc(N4CCOCC4)cc(=O)[nH]3)c1S2.O=c1cc(N2CCOCC2)cc(-c2cccc3c2Sc2ccc(NCCN4CC(F)(F)C4)cc2S3)[nH]1. The van der Waals surface area contributed by atoms with Crippen LogP contribution in [0, 0.1) is 0 Å². The Balaban J connectivity index is 0.000000127. The van der Waals surface area contributed by atoms with Gasteiger partial charge in [0, 0.05) is 180 Å². The molecule has 30 heteroatoms. The van der Waals surface area contributed by atoms with Gasteiger partial charge in [0.25, 0.3) is 11.8 Å². The van der Waals surface area contributed by atoms with Crippen molar-refractivity contribution >= 4 is 128 Å². The molecular formula is C75H70ClF4N11O8S6. The number of aromatic amines is 3. The van der Waals surface area contributed by atoms with Crippen LogP contribution < -0.4 is 47.3 Å². The van der Waals surface area contributed by atoms with Crippen molar-refractivity contribution in [1.29, 1.82) is 0 Å². The number of morpholine rings is 3. The topological polar surface area (TPSA) is 213 Å². The van der Waals surface area contributed by atoms with Gasteiger partial charge in [-0.1, -0.05) is 107 Å². The Morgan fingerprint density at radius 2 is 0.771 bits per heavy atom. The quantitative estimate of drug-likeness (QED) is 0.0416. The molecule has 0 saturated carbocycles. The number of pyridine rings is 3. The molecule has 8 aliphatic rings. The molecule has 0 radical (unpaired) electrons. The zero-order chi connectivity index (χ0) is 72.3. The van der Waals surface area contributed by atoms with Crippen LogP contribution in [0.2, 0.25) is 0 Å². The minimum absolute atomic E-state index is 0.0531. The summed E-state index contributed by atoms with van der Waals surface area (Å²) in [6.45, 7) is 8.65. The van der Waals surface area contributed by atoms with Gasteiger partial charge in [-0.05, 0) is 91.0 Å². The largest absolute Gasteiger partial charge is 0.384 e. The predicted octanol–water partition coefficient (Wildman–Crippen LogP) is 13.9. The highest BCUT2D eigenvalue weighted by Gasteiger charge is 2.45. The van der Waals surface area contributed by atoms with Crippen LogP contribution in [0.25, 0.3) is 33.8 Å². The van der Waals surface area contributed by atoms with Crippen molar-refractivity contribution in [2.75, 3.05) is 161 Å². The van der Waals surface area contributed by atoms with Crippen LogP contribution in [0.5, 0.6) is 0 Å². The van der Waals surface area contributed by atoms with Gasteiger partial charge in [0.1, 0.15) is 5.88 Å². The van der Waals surface area contributed by atoms with Crippen LogP contribution in [0.4, 0.5) is 51.7 Å². The number of alkyl halides is 5. The van der Waals surface area contributed by atoms with Crippen molar-refractivity contribution in [2.24, 2.45) is 0 Å². The molecule has 5 fully saturated rings. The Labute approximate surface area is 632 Å². The zero-order valence-corrected chi connectivity index (χ0v) is 62.0. The summed E-state index contributed by atoms with van der Waals surface area (Å²) in [6, 6.07) is 47.2. The van der Waals surface area contributed by atoms with E-state index in [1.165, 1.54) is 4.90 Å². The average Bonchev–Trinajstić information content (AvgIpc) is 0.776. The van der Waals surface area contributed by atoms with E-state index in [0.717, 1.165) is 160 Å². The van der Waals surface area contributed by atoms with Crippen molar-refractivity contribution in [2.45, 2.75) is 70.6 Å². The third kappa shape index (κ3) is 17.5. The predicted molar refractivity (Wildman–Crippen MR) is 410 cm³/mol. The highest BCUT2D eigenvalue weighted by atomic mass is 35.5. The van der Waals surface area contributed by atoms with Crippen molar-refractivity contribution < 1.29 is 41.4 Å². The minimum Gasteiger partial charge on any atom is -0.384 e. The lowest BCUT2D eigenvalue weighted by atomic mass is 10.1. The molecule has 0 bridgehead atoms. The van der Waals surface area contributed by atoms with Crippen LogP contribution in [-0.2, 0) is 23.8 Å². The standard InChI is InChI=1S/C26H24F2N4O3S2.C26H26F2N4O2S2.C23H20ClN3O3S2/c27-26(28)14-31(15-26)13-24(34)29-16-4-5-20-22(10-16)36-21-3-1-2-18(25(21)37-20)19-11-17(12-23(33)30-19)32-6-8-35-9-7-32;27-26(28)15-31(16-26)7-6-29-17-4-5-21-23(12-17)35-22-3-1-2-19(25(22)36-21)20-13-18(14-24(33)30-20)32-8-10-34-11-9-32;24-13-22(29)25-14-4-5-18-20(10-14)31-19-3-1-2-16(23(19)32-18)17-11-15(12-21(28)26-17)27-6-8-30-9-7-27/h1-5,10-12H,6-9,13-15H2,(H,29,34)(H,30,33);1-5,12-14,29H,6-11,15-16H2,(H,30,33);1-5,10-12H,6-9,13H2,(H,25,29)(H,26,28). The van der Waals surface area contributed by atoms with Crippen molar-refractivity contribution in [3.05, 3.63) is 177 Å². The number of hydrogen-bond donors (Lipinski definition) is 6. The summed E-state index contributed by atoms with van der Waals surface area (Å²) < 4.78 is 68.5. The molecule has 0 aliphatic carbocycles. The number of rotatable bonds is 15. The Kier molecular flexibility index (Phi) is 22.1. The van der Waals surface area contributed by atoms with E-state index in [4.69, 9.17) is 25.8 Å². The molecule has 0 unspecified atom stereocenters. The van der Waals surface area contributed by atoms with Gasteiger partial charge in [-0.3, -0.25) is 33.8 Å². The first kappa shape index (κ1) is 72.8. The number of ether oxygens (including phenoxy) is 3. The van der Waals surface area contributed by atoms with Crippen LogP contribution in [0.15, 0.2) is 219 Å². The fourth-order valence-electron chi connectivity index (χ4n) is 13.2. The van der Waals surface area contributed by atoms with Gasteiger partial charge in [0.15, 0.2) is 0 Å². The molecule has 0 atom stereocenters. The molecule has 5 saturated heterocycles. The number of H-pyrrole nitrogens is 3. The molecule has 3 aromatic heterocycles. The van der Waals surface area contributed by atoms with Gasteiger partial charge in [-0.25, -0.2) is 17.6 Å². The van der Waals surface area contributed by atoms with E-state index in [1.807, 2.05) is 91.0 Å². The third-order valence-corrected chi connectivity index (χ3v) is 26.2. The first-order valence-corrected chi connectivity index (χ1v) is 39.5. The van der Waals surface area contributed by atoms with Crippen LogP contribution in [0.3, 0.4) is 0 Å². The minimum atomic E-state index is -2.69. The molecule has 6 N–H and O–H groups in total. The number of anilines is 6. The van der Waals surface area contributed by atoms with Gasteiger partial charge < -0.3 is 59.8 Å². The number of carbonyl (C=O) groups excluding carboxylic acids is 2. The molecule has 9 aromatic rings. The second kappa shape index (κ2) is 32.0. The molecule has 105 heavy (non-hydrogen) atoms. The van der Waals surface area contributed by atoms with Crippen LogP contribution >= 0.6 is 82.2 Å². The van der Waals surface area contributed by atoms with E-state index in [9.17, 15) is 41.5 Å².